The summed E-state index contributed by atoms with van der Waals surface area (Å²) < 4.78 is 4.83. The summed E-state index contributed by atoms with van der Waals surface area (Å²) in [6.45, 7) is 0.703. The molecule has 0 saturated carbocycles. The number of piperidine rings is 1. The number of hydrogen-bond acceptors (Lipinski definition) is 4. The van der Waals surface area contributed by atoms with Crippen molar-refractivity contribution in [3.8, 4) is 0 Å². The summed E-state index contributed by atoms with van der Waals surface area (Å²) in [5.41, 5.74) is 0. The number of rotatable bonds is 4. The zero-order chi connectivity index (χ0) is 10.8. The van der Waals surface area contributed by atoms with E-state index in [1.165, 1.54) is 0 Å². The minimum Gasteiger partial charge on any atom is -0.393 e. The third-order valence-corrected chi connectivity index (χ3v) is 3.52. The Morgan fingerprint density at radius 1 is 1.40 bits per heavy atom. The van der Waals surface area contributed by atoms with E-state index in [0.717, 1.165) is 25.7 Å². The number of fused-ring (bicyclic) bond motifs is 2. The Kier molecular flexibility index (Phi) is 3.38. The van der Waals surface area contributed by atoms with E-state index in [1.807, 2.05) is 0 Å². The van der Waals surface area contributed by atoms with Crippen LogP contribution in [0, 0.1) is 0 Å². The molecule has 2 bridgehead atoms. The van der Waals surface area contributed by atoms with Gasteiger partial charge in [-0.05, 0) is 25.7 Å². The van der Waals surface area contributed by atoms with Gasteiger partial charge in [0.2, 0.25) is 0 Å². The molecule has 2 rings (SSSR count). The van der Waals surface area contributed by atoms with Gasteiger partial charge in [0.25, 0.3) is 0 Å². The van der Waals surface area contributed by atoms with Crippen molar-refractivity contribution in [2.75, 3.05) is 20.3 Å². The van der Waals surface area contributed by atoms with E-state index < -0.39 is 0 Å². The minimum atomic E-state index is -0.156. The average Bonchev–Trinajstić information content (AvgIpc) is 2.44. The fraction of sp³-hybridized carbons (Fsp3) is 0.909. The molecule has 2 saturated heterocycles. The summed E-state index contributed by atoms with van der Waals surface area (Å²) in [6, 6.07) is 0.833. The van der Waals surface area contributed by atoms with Crippen molar-refractivity contribution in [3.05, 3.63) is 0 Å². The van der Waals surface area contributed by atoms with Gasteiger partial charge >= 0.3 is 0 Å². The first-order valence-corrected chi connectivity index (χ1v) is 5.65. The molecule has 2 heterocycles. The number of hydrogen-bond donors (Lipinski definition) is 1. The fourth-order valence-electron chi connectivity index (χ4n) is 2.91. The Morgan fingerprint density at radius 2 is 2.00 bits per heavy atom. The number of nitrogens with zero attached hydrogens (tertiary/aromatic N) is 1. The number of methoxy groups -OCH3 is 1. The molecule has 0 aromatic heterocycles. The minimum absolute atomic E-state index is 0.144. The van der Waals surface area contributed by atoms with Crippen LogP contribution < -0.4 is 0 Å². The molecule has 4 nitrogen and oxygen atoms in total. The zero-order valence-corrected chi connectivity index (χ0v) is 9.19. The van der Waals surface area contributed by atoms with Crippen LogP contribution >= 0.6 is 0 Å². The molecule has 0 amide bonds. The lowest BCUT2D eigenvalue weighted by atomic mass is 10.00. The van der Waals surface area contributed by atoms with Crippen LogP contribution in [0.2, 0.25) is 0 Å². The number of carbonyl (C=O) groups excluding carboxylic acids is 1. The highest BCUT2D eigenvalue weighted by Gasteiger charge is 2.40. The normalized spacial score (nSPS) is 35.7. The lowest BCUT2D eigenvalue weighted by Crippen LogP contribution is -2.47. The Hall–Kier alpha value is -0.450. The third-order valence-electron chi connectivity index (χ3n) is 3.52. The fourth-order valence-corrected chi connectivity index (χ4v) is 2.91. The van der Waals surface area contributed by atoms with Crippen LogP contribution in [0.4, 0.5) is 0 Å². The lowest BCUT2D eigenvalue weighted by molar-refractivity contribution is -0.125. The van der Waals surface area contributed by atoms with Crippen molar-refractivity contribution in [3.63, 3.8) is 0 Å². The van der Waals surface area contributed by atoms with E-state index in [0.29, 0.717) is 18.6 Å². The second-order valence-electron chi connectivity index (χ2n) is 4.65. The largest absolute Gasteiger partial charge is 0.393 e. The van der Waals surface area contributed by atoms with Crippen molar-refractivity contribution in [2.24, 2.45) is 0 Å². The van der Waals surface area contributed by atoms with Crippen molar-refractivity contribution in [2.45, 2.75) is 43.9 Å². The summed E-state index contributed by atoms with van der Waals surface area (Å²) in [5, 5.41) is 9.61. The van der Waals surface area contributed by atoms with Gasteiger partial charge in [-0.3, -0.25) is 9.69 Å². The van der Waals surface area contributed by atoms with Crippen LogP contribution in [-0.4, -0.2) is 54.2 Å². The van der Waals surface area contributed by atoms with Crippen LogP contribution in [0.1, 0.15) is 25.7 Å². The molecule has 0 aromatic carbocycles. The van der Waals surface area contributed by atoms with E-state index in [9.17, 15) is 9.90 Å². The molecule has 2 fully saturated rings. The monoisotopic (exact) mass is 213 g/mol. The molecule has 0 radical (unpaired) electrons. The van der Waals surface area contributed by atoms with Crippen LogP contribution in [0.5, 0.6) is 0 Å². The maximum Gasteiger partial charge on any atom is 0.172 e. The van der Waals surface area contributed by atoms with Crippen molar-refractivity contribution < 1.29 is 14.6 Å². The first-order valence-electron chi connectivity index (χ1n) is 5.65. The van der Waals surface area contributed by atoms with Crippen molar-refractivity contribution >= 4 is 5.78 Å². The van der Waals surface area contributed by atoms with Gasteiger partial charge in [-0.2, -0.15) is 0 Å². The second-order valence-corrected chi connectivity index (χ2v) is 4.65. The molecule has 0 aliphatic carbocycles. The Labute approximate surface area is 90.2 Å². The molecule has 2 aliphatic heterocycles. The molecular formula is C11H19NO3. The Bertz CT molecular complexity index is 230. The number of ether oxygens (including phenoxy) is 1. The Balaban J connectivity index is 1.91. The highest BCUT2D eigenvalue weighted by Crippen LogP contribution is 2.35. The second kappa shape index (κ2) is 4.60. The van der Waals surface area contributed by atoms with Gasteiger partial charge in [0, 0.05) is 19.2 Å². The quantitative estimate of drug-likeness (QED) is 0.724. The molecule has 2 aliphatic rings. The van der Waals surface area contributed by atoms with Gasteiger partial charge < -0.3 is 9.84 Å². The van der Waals surface area contributed by atoms with Gasteiger partial charge in [0.1, 0.15) is 6.61 Å². The first kappa shape index (κ1) is 11.0. The van der Waals surface area contributed by atoms with E-state index in [2.05, 4.69) is 4.90 Å². The number of carbonyl (C=O) groups is 1. The summed E-state index contributed by atoms with van der Waals surface area (Å²) in [5.74, 6) is 0.144. The SMILES string of the molecule is COCC(=O)CN1C2CCC1CC(O)C2. The van der Waals surface area contributed by atoms with Crippen LogP contribution in [0.3, 0.4) is 0 Å². The van der Waals surface area contributed by atoms with E-state index in [4.69, 9.17) is 4.74 Å². The number of aliphatic hydroxyl groups excluding tert-OH is 1. The molecule has 2 unspecified atom stereocenters. The van der Waals surface area contributed by atoms with Crippen LogP contribution in [0.15, 0.2) is 0 Å². The number of ketones is 1. The summed E-state index contributed by atoms with van der Waals surface area (Å²) in [4.78, 5) is 13.7. The van der Waals surface area contributed by atoms with E-state index in [1.54, 1.807) is 7.11 Å². The molecule has 2 atom stereocenters. The summed E-state index contributed by atoms with van der Waals surface area (Å²) >= 11 is 0. The highest BCUT2D eigenvalue weighted by atomic mass is 16.5. The van der Waals surface area contributed by atoms with Crippen molar-refractivity contribution in [1.29, 1.82) is 0 Å². The molecule has 4 heteroatoms. The topological polar surface area (TPSA) is 49.8 Å². The molecule has 0 aromatic rings. The molecule has 1 N–H and O–H groups in total. The van der Waals surface area contributed by atoms with E-state index in [-0.39, 0.29) is 18.5 Å². The molecule has 15 heavy (non-hydrogen) atoms. The third kappa shape index (κ3) is 2.38. The zero-order valence-electron chi connectivity index (χ0n) is 9.19. The summed E-state index contributed by atoms with van der Waals surface area (Å²) in [7, 11) is 1.55. The van der Waals surface area contributed by atoms with E-state index >= 15 is 0 Å². The van der Waals surface area contributed by atoms with Gasteiger partial charge in [-0.25, -0.2) is 0 Å². The van der Waals surface area contributed by atoms with Gasteiger partial charge in [0.15, 0.2) is 5.78 Å². The molecule has 0 spiro atoms. The van der Waals surface area contributed by atoms with Crippen molar-refractivity contribution in [1.82, 2.24) is 4.90 Å². The van der Waals surface area contributed by atoms with Crippen LogP contribution in [0.25, 0.3) is 0 Å². The molecule has 86 valence electrons. The number of Topliss-reactive ketones (excluding diaryl/α,β-unsaturated/α-hetero) is 1. The maximum atomic E-state index is 11.5. The smallest absolute Gasteiger partial charge is 0.172 e. The lowest BCUT2D eigenvalue weighted by Gasteiger charge is -2.36. The standard InChI is InChI=1S/C11H19NO3/c1-15-7-11(14)6-12-8-2-3-9(12)5-10(13)4-8/h8-10,13H,2-7H2,1H3. The predicted octanol–water partition coefficient (Wildman–Crippen LogP) is 0.190. The molecular weight excluding hydrogens is 194 g/mol. The first-order chi connectivity index (χ1) is 7.20. The van der Waals surface area contributed by atoms with Gasteiger partial charge in [-0.15, -0.1) is 0 Å². The van der Waals surface area contributed by atoms with Gasteiger partial charge in [0.05, 0.1) is 12.6 Å². The predicted molar refractivity (Wildman–Crippen MR) is 55.6 cm³/mol. The Morgan fingerprint density at radius 3 is 2.53 bits per heavy atom. The van der Waals surface area contributed by atoms with Gasteiger partial charge in [-0.1, -0.05) is 0 Å². The number of aliphatic hydroxyl groups is 1. The highest BCUT2D eigenvalue weighted by molar-refractivity contribution is 5.81. The van der Waals surface area contributed by atoms with Crippen LogP contribution in [-0.2, 0) is 9.53 Å². The maximum absolute atomic E-state index is 11.5. The average molecular weight is 213 g/mol. The summed E-state index contributed by atoms with van der Waals surface area (Å²) in [6.07, 6.45) is 3.76.